The Morgan fingerprint density at radius 3 is 2.45 bits per heavy atom. The SMILES string of the molecule is C[C@@H]([NH2+]CC(=O)N1CCN(C(=O)c2cccs2)CC1)c1cccc2ccccc12. The summed E-state index contributed by atoms with van der Waals surface area (Å²) in [6, 6.07) is 18.6. The highest BCUT2D eigenvalue weighted by Crippen LogP contribution is 2.22. The van der Waals surface area contributed by atoms with Crippen molar-refractivity contribution in [3.8, 4) is 0 Å². The number of hydrogen-bond donors (Lipinski definition) is 1. The van der Waals surface area contributed by atoms with Gasteiger partial charge in [-0.3, -0.25) is 9.59 Å². The second kappa shape index (κ2) is 8.76. The van der Waals surface area contributed by atoms with E-state index in [9.17, 15) is 9.59 Å². The molecule has 6 heteroatoms. The van der Waals surface area contributed by atoms with Crippen molar-refractivity contribution in [1.29, 1.82) is 0 Å². The van der Waals surface area contributed by atoms with Gasteiger partial charge in [-0.05, 0) is 29.1 Å². The summed E-state index contributed by atoms with van der Waals surface area (Å²) in [7, 11) is 0. The lowest BCUT2D eigenvalue weighted by molar-refractivity contribution is -0.682. The summed E-state index contributed by atoms with van der Waals surface area (Å²) in [5.41, 5.74) is 1.25. The predicted octanol–water partition coefficient (Wildman–Crippen LogP) is 2.51. The Morgan fingerprint density at radius 2 is 1.69 bits per heavy atom. The smallest absolute Gasteiger partial charge is 0.277 e. The van der Waals surface area contributed by atoms with Gasteiger partial charge in [-0.15, -0.1) is 11.3 Å². The number of carbonyl (C=O) groups is 2. The van der Waals surface area contributed by atoms with Gasteiger partial charge in [-0.25, -0.2) is 0 Å². The summed E-state index contributed by atoms with van der Waals surface area (Å²) in [5.74, 6) is 0.212. The highest BCUT2D eigenvalue weighted by Gasteiger charge is 2.26. The molecule has 0 radical (unpaired) electrons. The molecule has 29 heavy (non-hydrogen) atoms. The largest absolute Gasteiger partial charge is 0.334 e. The summed E-state index contributed by atoms with van der Waals surface area (Å²) >= 11 is 1.46. The number of rotatable bonds is 5. The molecule has 0 bridgehead atoms. The number of piperazine rings is 1. The first-order chi connectivity index (χ1) is 14.1. The number of benzene rings is 2. The fraction of sp³-hybridized carbons (Fsp3) is 0.304. The van der Waals surface area contributed by atoms with Crippen LogP contribution in [-0.4, -0.2) is 54.3 Å². The Morgan fingerprint density at radius 1 is 0.966 bits per heavy atom. The van der Waals surface area contributed by atoms with Crippen molar-refractivity contribution >= 4 is 33.9 Å². The van der Waals surface area contributed by atoms with Gasteiger partial charge in [-0.1, -0.05) is 48.5 Å². The molecule has 1 atom stereocenters. The summed E-state index contributed by atoms with van der Waals surface area (Å²) in [4.78, 5) is 29.6. The molecule has 2 heterocycles. The molecule has 4 rings (SSSR count). The topological polar surface area (TPSA) is 57.2 Å². The highest BCUT2D eigenvalue weighted by molar-refractivity contribution is 7.12. The number of nitrogens with zero attached hydrogens (tertiary/aromatic N) is 2. The normalized spacial score (nSPS) is 15.5. The van der Waals surface area contributed by atoms with Gasteiger partial charge in [0, 0.05) is 31.7 Å². The molecule has 150 valence electrons. The maximum Gasteiger partial charge on any atom is 0.277 e. The zero-order valence-electron chi connectivity index (χ0n) is 16.6. The molecule has 0 saturated carbocycles. The summed E-state index contributed by atoms with van der Waals surface area (Å²) in [6.07, 6.45) is 0. The zero-order chi connectivity index (χ0) is 20.2. The summed E-state index contributed by atoms with van der Waals surface area (Å²) in [6.45, 7) is 4.97. The number of hydrogen-bond acceptors (Lipinski definition) is 3. The first-order valence-corrected chi connectivity index (χ1v) is 10.9. The maximum absolute atomic E-state index is 12.7. The highest BCUT2D eigenvalue weighted by atomic mass is 32.1. The van der Waals surface area contributed by atoms with Crippen LogP contribution in [0.1, 0.15) is 28.2 Å². The van der Waals surface area contributed by atoms with Crippen molar-refractivity contribution in [2.24, 2.45) is 0 Å². The first kappa shape index (κ1) is 19.6. The summed E-state index contributed by atoms with van der Waals surface area (Å²) < 4.78 is 0. The van der Waals surface area contributed by atoms with Crippen LogP contribution in [0.2, 0.25) is 0 Å². The molecule has 1 aliphatic rings. The molecule has 0 aliphatic carbocycles. The Bertz CT molecular complexity index is 989. The Kier molecular flexibility index (Phi) is 5.92. The fourth-order valence-corrected chi connectivity index (χ4v) is 4.59. The van der Waals surface area contributed by atoms with E-state index in [4.69, 9.17) is 0 Å². The molecule has 0 spiro atoms. The van der Waals surface area contributed by atoms with Crippen LogP contribution in [0.3, 0.4) is 0 Å². The Hall–Kier alpha value is -2.70. The lowest BCUT2D eigenvalue weighted by Gasteiger charge is -2.34. The molecule has 1 aliphatic heterocycles. The molecule has 0 unspecified atom stereocenters. The van der Waals surface area contributed by atoms with Gasteiger partial charge in [0.1, 0.15) is 6.04 Å². The molecule has 1 fully saturated rings. The van der Waals surface area contributed by atoms with E-state index in [0.717, 1.165) is 4.88 Å². The molecular formula is C23H26N3O2S+. The number of amides is 2. The molecule has 2 N–H and O–H groups in total. The third-order valence-electron chi connectivity index (χ3n) is 5.61. The van der Waals surface area contributed by atoms with Crippen LogP contribution in [-0.2, 0) is 4.79 Å². The Balaban J connectivity index is 1.30. The minimum atomic E-state index is 0.0724. The predicted molar refractivity (Wildman–Crippen MR) is 116 cm³/mol. The number of carbonyl (C=O) groups excluding carboxylic acids is 2. The average molecular weight is 409 g/mol. The third kappa shape index (κ3) is 4.33. The third-order valence-corrected chi connectivity index (χ3v) is 6.47. The van der Waals surface area contributed by atoms with Crippen LogP contribution < -0.4 is 5.32 Å². The molecule has 2 aromatic carbocycles. The minimum Gasteiger partial charge on any atom is -0.334 e. The van der Waals surface area contributed by atoms with Crippen molar-refractivity contribution < 1.29 is 14.9 Å². The maximum atomic E-state index is 12.7. The van der Waals surface area contributed by atoms with Crippen LogP contribution in [0.5, 0.6) is 0 Å². The molecule has 1 saturated heterocycles. The average Bonchev–Trinajstić information content (AvgIpc) is 3.31. The molecular weight excluding hydrogens is 382 g/mol. The van der Waals surface area contributed by atoms with E-state index in [1.807, 2.05) is 33.4 Å². The van der Waals surface area contributed by atoms with Crippen molar-refractivity contribution in [3.63, 3.8) is 0 Å². The van der Waals surface area contributed by atoms with E-state index >= 15 is 0 Å². The van der Waals surface area contributed by atoms with Gasteiger partial charge in [-0.2, -0.15) is 0 Å². The lowest BCUT2D eigenvalue weighted by Crippen LogP contribution is -2.87. The van der Waals surface area contributed by atoms with Crippen molar-refractivity contribution in [3.05, 3.63) is 70.4 Å². The Labute approximate surface area is 174 Å². The first-order valence-electron chi connectivity index (χ1n) is 10.0. The number of quaternary nitrogens is 1. The second-order valence-corrected chi connectivity index (χ2v) is 8.39. The van der Waals surface area contributed by atoms with Gasteiger partial charge in [0.25, 0.3) is 11.8 Å². The van der Waals surface area contributed by atoms with Crippen LogP contribution in [0, 0.1) is 0 Å². The zero-order valence-corrected chi connectivity index (χ0v) is 17.4. The number of thiophene rings is 1. The van der Waals surface area contributed by atoms with Gasteiger partial charge >= 0.3 is 0 Å². The van der Waals surface area contributed by atoms with Crippen LogP contribution in [0.4, 0.5) is 0 Å². The lowest BCUT2D eigenvalue weighted by atomic mass is 10.00. The van der Waals surface area contributed by atoms with Gasteiger partial charge < -0.3 is 15.1 Å². The molecule has 3 aromatic rings. The van der Waals surface area contributed by atoms with Crippen molar-refractivity contribution in [2.45, 2.75) is 13.0 Å². The molecule has 1 aromatic heterocycles. The number of nitrogens with two attached hydrogens (primary N) is 1. The van der Waals surface area contributed by atoms with Crippen LogP contribution in [0.25, 0.3) is 10.8 Å². The minimum absolute atomic E-state index is 0.0724. The fourth-order valence-electron chi connectivity index (χ4n) is 3.90. The van der Waals surface area contributed by atoms with Crippen molar-refractivity contribution in [2.75, 3.05) is 32.7 Å². The molecule has 5 nitrogen and oxygen atoms in total. The number of fused-ring (bicyclic) bond motifs is 1. The van der Waals surface area contributed by atoms with Crippen LogP contribution >= 0.6 is 11.3 Å². The quantitative estimate of drug-likeness (QED) is 0.705. The van der Waals surface area contributed by atoms with Gasteiger partial charge in [0.05, 0.1) is 4.88 Å². The van der Waals surface area contributed by atoms with Gasteiger partial charge in [0.15, 0.2) is 6.54 Å². The van der Waals surface area contributed by atoms with E-state index in [2.05, 4.69) is 48.6 Å². The van der Waals surface area contributed by atoms with E-state index in [1.54, 1.807) is 0 Å². The van der Waals surface area contributed by atoms with E-state index < -0.39 is 0 Å². The van der Waals surface area contributed by atoms with Crippen LogP contribution in [0.15, 0.2) is 60.0 Å². The summed E-state index contributed by atoms with van der Waals surface area (Å²) in [5, 5.41) is 6.49. The van der Waals surface area contributed by atoms with E-state index in [1.165, 1.54) is 27.7 Å². The standard InChI is InChI=1S/C23H25N3O2S/c1-17(19-9-4-7-18-6-2-3-8-20(18)19)24-16-22(27)25-11-13-26(14-12-25)23(28)21-10-5-15-29-21/h2-10,15,17,24H,11-14,16H2,1H3/p+1/t17-/m1/s1. The van der Waals surface area contributed by atoms with Crippen molar-refractivity contribution in [1.82, 2.24) is 9.80 Å². The molecule has 2 amide bonds. The van der Waals surface area contributed by atoms with E-state index in [0.29, 0.717) is 32.7 Å². The van der Waals surface area contributed by atoms with Gasteiger partial charge in [0.2, 0.25) is 0 Å². The van der Waals surface area contributed by atoms with E-state index in [-0.39, 0.29) is 17.9 Å². The monoisotopic (exact) mass is 408 g/mol. The second-order valence-electron chi connectivity index (χ2n) is 7.45.